The molecular weight excluding hydrogens is 399 g/mol. The van der Waals surface area contributed by atoms with Gasteiger partial charge in [-0.1, -0.05) is 18.2 Å². The summed E-state index contributed by atoms with van der Waals surface area (Å²) in [4.78, 5) is 15.6. The van der Waals surface area contributed by atoms with Gasteiger partial charge in [0.1, 0.15) is 11.9 Å². The second-order valence-electron chi connectivity index (χ2n) is 6.48. The molecule has 1 fully saturated rings. The highest BCUT2D eigenvalue weighted by Gasteiger charge is 2.25. The average molecular weight is 419 g/mol. The van der Waals surface area contributed by atoms with Crippen LogP contribution in [-0.2, 0) is 16.1 Å². The van der Waals surface area contributed by atoms with Gasteiger partial charge in [0, 0.05) is 19.5 Å². The van der Waals surface area contributed by atoms with Gasteiger partial charge in [-0.2, -0.15) is 5.10 Å². The first-order valence-electron chi connectivity index (χ1n) is 8.96. The summed E-state index contributed by atoms with van der Waals surface area (Å²) in [5.41, 5.74) is 0.871. The van der Waals surface area contributed by atoms with Crippen LogP contribution in [0.15, 0.2) is 41.8 Å². The predicted octanol–water partition coefficient (Wildman–Crippen LogP) is 3.80. The van der Waals surface area contributed by atoms with E-state index >= 15 is 0 Å². The maximum absolute atomic E-state index is 13.1. The van der Waals surface area contributed by atoms with Gasteiger partial charge >= 0.3 is 0 Å². The van der Waals surface area contributed by atoms with Gasteiger partial charge in [0.2, 0.25) is 5.91 Å². The Balaban J connectivity index is 1.41. The van der Waals surface area contributed by atoms with Crippen molar-refractivity contribution < 1.29 is 13.9 Å². The standard InChI is InChI=1S/C19H19FN4O2S2/c20-14-5-3-13(4-6-14)15-12-23(9-10-26-15)17(25)7-8-24-18(21-22-19(24)27)16-2-1-11-28-16/h1-6,11,15H,7-10,12H2,(H,22,27). The summed E-state index contributed by atoms with van der Waals surface area (Å²) in [6.07, 6.45) is 0.0820. The molecule has 3 aromatic rings. The highest BCUT2D eigenvalue weighted by Crippen LogP contribution is 2.25. The van der Waals surface area contributed by atoms with E-state index in [4.69, 9.17) is 17.0 Å². The van der Waals surface area contributed by atoms with Crippen molar-refractivity contribution in [2.75, 3.05) is 19.7 Å². The van der Waals surface area contributed by atoms with Crippen molar-refractivity contribution in [1.82, 2.24) is 19.7 Å². The molecule has 0 aliphatic carbocycles. The second kappa shape index (κ2) is 8.34. The number of carbonyl (C=O) groups is 1. The summed E-state index contributed by atoms with van der Waals surface area (Å²) in [7, 11) is 0. The number of morpholine rings is 1. The molecule has 9 heteroatoms. The van der Waals surface area contributed by atoms with E-state index in [1.165, 1.54) is 12.1 Å². The fraction of sp³-hybridized carbons (Fsp3) is 0.316. The number of halogens is 1. The average Bonchev–Trinajstić information content (AvgIpc) is 3.36. The van der Waals surface area contributed by atoms with Crippen LogP contribution >= 0.6 is 23.6 Å². The third-order valence-corrected chi connectivity index (χ3v) is 5.89. The van der Waals surface area contributed by atoms with Crippen LogP contribution in [0, 0.1) is 10.6 Å². The van der Waals surface area contributed by atoms with Crippen molar-refractivity contribution in [3.63, 3.8) is 0 Å². The fourth-order valence-corrected chi connectivity index (χ4v) is 4.19. The maximum Gasteiger partial charge on any atom is 0.224 e. The van der Waals surface area contributed by atoms with Gasteiger partial charge in [0.15, 0.2) is 10.6 Å². The fourth-order valence-electron chi connectivity index (χ4n) is 3.24. The number of rotatable bonds is 5. The lowest BCUT2D eigenvalue weighted by Gasteiger charge is -2.33. The SMILES string of the molecule is O=C(CCn1c(-c2cccs2)n[nH]c1=S)N1CCOC(c2ccc(F)cc2)C1. The molecule has 1 N–H and O–H groups in total. The lowest BCUT2D eigenvalue weighted by atomic mass is 10.1. The third-order valence-electron chi connectivity index (χ3n) is 4.71. The van der Waals surface area contributed by atoms with Crippen molar-refractivity contribution in [2.24, 2.45) is 0 Å². The molecule has 1 atom stereocenters. The number of benzene rings is 1. The number of nitrogens with zero attached hydrogens (tertiary/aromatic N) is 3. The minimum atomic E-state index is -0.286. The van der Waals surface area contributed by atoms with Crippen LogP contribution < -0.4 is 0 Å². The highest BCUT2D eigenvalue weighted by molar-refractivity contribution is 7.71. The van der Waals surface area contributed by atoms with Gasteiger partial charge in [-0.3, -0.25) is 14.5 Å². The van der Waals surface area contributed by atoms with Crippen molar-refractivity contribution in [1.29, 1.82) is 0 Å². The molecule has 146 valence electrons. The Morgan fingerprint density at radius 1 is 1.36 bits per heavy atom. The van der Waals surface area contributed by atoms with Crippen LogP contribution in [-0.4, -0.2) is 45.3 Å². The number of thiophene rings is 1. The highest BCUT2D eigenvalue weighted by atomic mass is 32.1. The van der Waals surface area contributed by atoms with E-state index in [2.05, 4.69) is 10.2 Å². The Kier molecular flexibility index (Phi) is 5.65. The molecule has 28 heavy (non-hydrogen) atoms. The summed E-state index contributed by atoms with van der Waals surface area (Å²) >= 11 is 6.90. The van der Waals surface area contributed by atoms with E-state index in [1.54, 1.807) is 28.4 Å². The number of ether oxygens (including phenoxy) is 1. The lowest BCUT2D eigenvalue weighted by molar-refractivity contribution is -0.139. The van der Waals surface area contributed by atoms with Crippen LogP contribution in [0.4, 0.5) is 4.39 Å². The number of H-pyrrole nitrogens is 1. The van der Waals surface area contributed by atoms with Crippen molar-refractivity contribution in [2.45, 2.75) is 19.1 Å². The molecule has 0 bridgehead atoms. The summed E-state index contributed by atoms with van der Waals surface area (Å²) < 4.78 is 21.3. The maximum atomic E-state index is 13.1. The Hall–Kier alpha value is -2.36. The zero-order valence-corrected chi connectivity index (χ0v) is 16.6. The molecule has 1 aromatic carbocycles. The molecule has 1 aliphatic heterocycles. The van der Waals surface area contributed by atoms with Gasteiger partial charge in [-0.05, 0) is 41.4 Å². The van der Waals surface area contributed by atoms with Gasteiger partial charge in [-0.25, -0.2) is 4.39 Å². The molecule has 0 radical (unpaired) electrons. The summed E-state index contributed by atoms with van der Waals surface area (Å²) in [5.74, 6) is 0.500. The third kappa shape index (κ3) is 4.06. The molecular formula is C19H19FN4O2S2. The van der Waals surface area contributed by atoms with Gasteiger partial charge in [0.05, 0.1) is 18.0 Å². The molecule has 0 spiro atoms. The van der Waals surface area contributed by atoms with Crippen LogP contribution in [0.1, 0.15) is 18.1 Å². The van der Waals surface area contributed by atoms with Crippen LogP contribution in [0.5, 0.6) is 0 Å². The molecule has 1 aliphatic rings. The Morgan fingerprint density at radius 3 is 2.93 bits per heavy atom. The van der Waals surface area contributed by atoms with Gasteiger partial charge < -0.3 is 9.64 Å². The Morgan fingerprint density at radius 2 is 2.18 bits per heavy atom. The smallest absolute Gasteiger partial charge is 0.224 e. The van der Waals surface area contributed by atoms with E-state index in [0.29, 0.717) is 37.4 Å². The van der Waals surface area contributed by atoms with Crippen molar-refractivity contribution in [3.05, 3.63) is 57.9 Å². The van der Waals surface area contributed by atoms with Crippen molar-refractivity contribution >= 4 is 29.5 Å². The van der Waals surface area contributed by atoms with E-state index in [1.807, 2.05) is 22.1 Å². The topological polar surface area (TPSA) is 63.2 Å². The molecule has 1 amide bonds. The Bertz CT molecular complexity index is 998. The second-order valence-corrected chi connectivity index (χ2v) is 7.82. The number of aromatic nitrogens is 3. The molecule has 3 heterocycles. The number of hydrogen-bond acceptors (Lipinski definition) is 5. The molecule has 6 nitrogen and oxygen atoms in total. The molecule has 1 saturated heterocycles. The first kappa shape index (κ1) is 19.0. The predicted molar refractivity (Wildman–Crippen MR) is 107 cm³/mol. The quantitative estimate of drug-likeness (QED) is 0.640. The minimum absolute atomic E-state index is 0.0376. The molecule has 0 saturated carbocycles. The van der Waals surface area contributed by atoms with Gasteiger partial charge in [0.25, 0.3) is 0 Å². The van der Waals surface area contributed by atoms with Gasteiger partial charge in [-0.15, -0.1) is 11.3 Å². The van der Waals surface area contributed by atoms with E-state index in [-0.39, 0.29) is 17.8 Å². The van der Waals surface area contributed by atoms with E-state index < -0.39 is 0 Å². The van der Waals surface area contributed by atoms with Crippen LogP contribution in [0.25, 0.3) is 10.7 Å². The summed E-state index contributed by atoms with van der Waals surface area (Å²) in [5, 5.41) is 9.08. The zero-order valence-electron chi connectivity index (χ0n) is 15.0. The normalized spacial score (nSPS) is 17.0. The number of carbonyl (C=O) groups excluding carboxylic acids is 1. The zero-order chi connectivity index (χ0) is 19.5. The molecule has 4 rings (SSSR count). The molecule has 1 unspecified atom stereocenters. The van der Waals surface area contributed by atoms with E-state index in [0.717, 1.165) is 16.3 Å². The van der Waals surface area contributed by atoms with E-state index in [9.17, 15) is 9.18 Å². The number of hydrogen-bond donors (Lipinski definition) is 1. The number of nitrogens with one attached hydrogen (secondary N) is 1. The van der Waals surface area contributed by atoms with Crippen LogP contribution in [0.3, 0.4) is 0 Å². The monoisotopic (exact) mass is 418 g/mol. The minimum Gasteiger partial charge on any atom is -0.370 e. The number of aromatic amines is 1. The summed E-state index contributed by atoms with van der Waals surface area (Å²) in [6, 6.07) is 10.1. The first-order chi connectivity index (χ1) is 13.6. The van der Waals surface area contributed by atoms with Crippen LogP contribution in [0.2, 0.25) is 0 Å². The molecule has 2 aromatic heterocycles. The lowest BCUT2D eigenvalue weighted by Crippen LogP contribution is -2.42. The largest absolute Gasteiger partial charge is 0.370 e. The Labute approximate surface area is 170 Å². The summed E-state index contributed by atoms with van der Waals surface area (Å²) in [6.45, 7) is 1.92. The number of amides is 1. The van der Waals surface area contributed by atoms with Crippen molar-refractivity contribution in [3.8, 4) is 10.7 Å². The first-order valence-corrected chi connectivity index (χ1v) is 10.2.